The maximum absolute atomic E-state index is 12.6. The Bertz CT molecular complexity index is 622. The van der Waals surface area contributed by atoms with Crippen LogP contribution in [-0.4, -0.2) is 50.2 Å². The molecule has 3 rings (SSSR count). The van der Waals surface area contributed by atoms with Crippen LogP contribution in [0.5, 0.6) is 0 Å². The van der Waals surface area contributed by atoms with Crippen LogP contribution in [0.4, 0.5) is 5.95 Å². The van der Waals surface area contributed by atoms with Crippen molar-refractivity contribution in [2.45, 2.75) is 38.3 Å². The average Bonchev–Trinajstić information content (AvgIpc) is 3.14. The molecule has 1 aliphatic carbocycles. The highest BCUT2D eigenvalue weighted by Gasteiger charge is 2.28. The molecule has 7 nitrogen and oxygen atoms in total. The van der Waals surface area contributed by atoms with Gasteiger partial charge in [-0.1, -0.05) is 0 Å². The van der Waals surface area contributed by atoms with E-state index in [4.69, 9.17) is 0 Å². The standard InChI is InChI=1S/C17H24N6O/c1-22(12-13-23-11-3-10-20-23)16(24)14-4-6-15(7-5-14)21-17-18-8-2-9-19-17/h2-3,8-11,14-15H,4-7,12-13H2,1H3,(H,18,19,21). The van der Waals surface area contributed by atoms with E-state index in [-0.39, 0.29) is 11.8 Å². The Balaban J connectivity index is 1.42. The Morgan fingerprint density at radius 2 is 1.96 bits per heavy atom. The van der Waals surface area contributed by atoms with Crippen molar-refractivity contribution in [3.05, 3.63) is 36.9 Å². The summed E-state index contributed by atoms with van der Waals surface area (Å²) < 4.78 is 1.85. The van der Waals surface area contributed by atoms with Crippen LogP contribution in [0.2, 0.25) is 0 Å². The number of aromatic nitrogens is 4. The minimum atomic E-state index is 0.127. The summed E-state index contributed by atoms with van der Waals surface area (Å²) in [6.45, 7) is 1.42. The van der Waals surface area contributed by atoms with Gasteiger partial charge in [0.2, 0.25) is 11.9 Å². The van der Waals surface area contributed by atoms with E-state index < -0.39 is 0 Å². The normalized spacial score (nSPS) is 20.5. The summed E-state index contributed by atoms with van der Waals surface area (Å²) in [4.78, 5) is 22.8. The Labute approximate surface area is 142 Å². The zero-order chi connectivity index (χ0) is 16.8. The summed E-state index contributed by atoms with van der Waals surface area (Å²) in [5.41, 5.74) is 0. The lowest BCUT2D eigenvalue weighted by molar-refractivity contribution is -0.135. The first-order valence-electron chi connectivity index (χ1n) is 8.48. The number of likely N-dealkylation sites (N-methyl/N-ethyl adjacent to an activating group) is 1. The molecule has 0 radical (unpaired) electrons. The Kier molecular flexibility index (Phi) is 5.40. The minimum absolute atomic E-state index is 0.127. The van der Waals surface area contributed by atoms with Gasteiger partial charge in [0.15, 0.2) is 0 Å². The smallest absolute Gasteiger partial charge is 0.225 e. The van der Waals surface area contributed by atoms with Crippen LogP contribution in [0.15, 0.2) is 36.9 Å². The fraction of sp³-hybridized carbons (Fsp3) is 0.529. The maximum Gasteiger partial charge on any atom is 0.225 e. The number of carbonyl (C=O) groups is 1. The first-order valence-corrected chi connectivity index (χ1v) is 8.48. The third-order valence-electron chi connectivity index (χ3n) is 4.58. The van der Waals surface area contributed by atoms with Gasteiger partial charge in [-0.3, -0.25) is 9.48 Å². The van der Waals surface area contributed by atoms with Crippen LogP contribution in [-0.2, 0) is 11.3 Å². The monoisotopic (exact) mass is 328 g/mol. The number of nitrogens with one attached hydrogen (secondary N) is 1. The molecule has 2 aromatic rings. The predicted octanol–water partition coefficient (Wildman–Crippen LogP) is 1.80. The number of anilines is 1. The van der Waals surface area contributed by atoms with Crippen LogP contribution in [0.25, 0.3) is 0 Å². The van der Waals surface area contributed by atoms with Crippen molar-refractivity contribution in [3.8, 4) is 0 Å². The SMILES string of the molecule is CN(CCn1cccn1)C(=O)C1CCC(Nc2ncccn2)CC1. The zero-order valence-corrected chi connectivity index (χ0v) is 14.0. The van der Waals surface area contributed by atoms with Gasteiger partial charge < -0.3 is 10.2 Å². The second-order valence-corrected chi connectivity index (χ2v) is 6.29. The lowest BCUT2D eigenvalue weighted by Gasteiger charge is -2.31. The number of carbonyl (C=O) groups excluding carboxylic acids is 1. The zero-order valence-electron chi connectivity index (χ0n) is 14.0. The molecular weight excluding hydrogens is 304 g/mol. The number of hydrogen-bond acceptors (Lipinski definition) is 5. The van der Waals surface area contributed by atoms with Crippen molar-refractivity contribution in [2.75, 3.05) is 18.9 Å². The number of amides is 1. The van der Waals surface area contributed by atoms with E-state index in [1.54, 1.807) is 24.7 Å². The topological polar surface area (TPSA) is 75.9 Å². The summed E-state index contributed by atoms with van der Waals surface area (Å²) in [6.07, 6.45) is 10.9. The first-order chi connectivity index (χ1) is 11.7. The largest absolute Gasteiger partial charge is 0.351 e. The van der Waals surface area contributed by atoms with E-state index in [0.717, 1.165) is 32.2 Å². The fourth-order valence-corrected chi connectivity index (χ4v) is 3.15. The van der Waals surface area contributed by atoms with E-state index in [2.05, 4.69) is 20.4 Å². The maximum atomic E-state index is 12.6. The van der Waals surface area contributed by atoms with E-state index in [9.17, 15) is 4.79 Å². The number of rotatable bonds is 6. The third-order valence-corrected chi connectivity index (χ3v) is 4.58. The highest BCUT2D eigenvalue weighted by atomic mass is 16.2. The molecule has 2 aromatic heterocycles. The molecule has 2 heterocycles. The summed E-state index contributed by atoms with van der Waals surface area (Å²) in [6, 6.07) is 4.05. The fourth-order valence-electron chi connectivity index (χ4n) is 3.15. The van der Waals surface area contributed by atoms with Crippen molar-refractivity contribution in [1.29, 1.82) is 0 Å². The van der Waals surface area contributed by atoms with Crippen LogP contribution in [0.1, 0.15) is 25.7 Å². The minimum Gasteiger partial charge on any atom is -0.351 e. The molecule has 128 valence electrons. The molecule has 0 saturated heterocycles. The van der Waals surface area contributed by atoms with E-state index in [1.807, 2.05) is 28.9 Å². The average molecular weight is 328 g/mol. The number of nitrogens with zero attached hydrogens (tertiary/aromatic N) is 5. The second kappa shape index (κ2) is 7.90. The van der Waals surface area contributed by atoms with Gasteiger partial charge in [0.1, 0.15) is 0 Å². The molecule has 0 atom stereocenters. The molecular formula is C17H24N6O. The molecule has 0 aliphatic heterocycles. The molecule has 24 heavy (non-hydrogen) atoms. The molecule has 1 saturated carbocycles. The van der Waals surface area contributed by atoms with Crippen molar-refractivity contribution >= 4 is 11.9 Å². The summed E-state index contributed by atoms with van der Waals surface area (Å²) in [5.74, 6) is 1.04. The highest BCUT2D eigenvalue weighted by molar-refractivity contribution is 5.78. The third kappa shape index (κ3) is 4.31. The summed E-state index contributed by atoms with van der Waals surface area (Å²) >= 11 is 0. The lowest BCUT2D eigenvalue weighted by atomic mass is 9.85. The Morgan fingerprint density at radius 1 is 1.21 bits per heavy atom. The van der Waals surface area contributed by atoms with Gasteiger partial charge in [0.05, 0.1) is 6.54 Å². The predicted molar refractivity (Wildman–Crippen MR) is 91.3 cm³/mol. The van der Waals surface area contributed by atoms with Crippen molar-refractivity contribution in [2.24, 2.45) is 5.92 Å². The summed E-state index contributed by atoms with van der Waals surface area (Å²) in [5, 5.41) is 7.52. The van der Waals surface area contributed by atoms with Gasteiger partial charge in [-0.05, 0) is 37.8 Å². The quantitative estimate of drug-likeness (QED) is 0.875. The van der Waals surface area contributed by atoms with Crippen LogP contribution in [0.3, 0.4) is 0 Å². The van der Waals surface area contributed by atoms with Gasteiger partial charge in [-0.25, -0.2) is 9.97 Å². The van der Waals surface area contributed by atoms with Gasteiger partial charge in [-0.15, -0.1) is 0 Å². The molecule has 0 unspecified atom stereocenters. The van der Waals surface area contributed by atoms with E-state index in [1.165, 1.54) is 0 Å². The Hall–Kier alpha value is -2.44. The summed E-state index contributed by atoms with van der Waals surface area (Å²) in [7, 11) is 1.88. The molecule has 1 amide bonds. The second-order valence-electron chi connectivity index (χ2n) is 6.29. The van der Waals surface area contributed by atoms with Gasteiger partial charge in [0.25, 0.3) is 0 Å². The van der Waals surface area contributed by atoms with Crippen LogP contribution >= 0.6 is 0 Å². The molecule has 0 spiro atoms. The van der Waals surface area contributed by atoms with E-state index >= 15 is 0 Å². The van der Waals surface area contributed by atoms with Crippen LogP contribution in [0, 0.1) is 5.92 Å². The molecule has 1 fully saturated rings. The Morgan fingerprint density at radius 3 is 2.62 bits per heavy atom. The van der Waals surface area contributed by atoms with Crippen molar-refractivity contribution in [3.63, 3.8) is 0 Å². The molecule has 1 N–H and O–H groups in total. The molecule has 1 aliphatic rings. The van der Waals surface area contributed by atoms with Gasteiger partial charge >= 0.3 is 0 Å². The lowest BCUT2D eigenvalue weighted by Crippen LogP contribution is -2.38. The van der Waals surface area contributed by atoms with Crippen LogP contribution < -0.4 is 5.32 Å². The molecule has 0 bridgehead atoms. The van der Waals surface area contributed by atoms with Gasteiger partial charge in [0, 0.05) is 50.3 Å². The first kappa shape index (κ1) is 16.4. The highest BCUT2D eigenvalue weighted by Crippen LogP contribution is 2.27. The number of hydrogen-bond donors (Lipinski definition) is 1. The van der Waals surface area contributed by atoms with Gasteiger partial charge in [-0.2, -0.15) is 5.10 Å². The van der Waals surface area contributed by atoms with Crippen molar-refractivity contribution in [1.82, 2.24) is 24.6 Å². The van der Waals surface area contributed by atoms with E-state index in [0.29, 0.717) is 18.5 Å². The molecule has 7 heteroatoms. The molecule has 0 aromatic carbocycles. The van der Waals surface area contributed by atoms with Crippen molar-refractivity contribution < 1.29 is 4.79 Å².